The summed E-state index contributed by atoms with van der Waals surface area (Å²) in [5.74, 6) is 1.38. The van der Waals surface area contributed by atoms with Crippen LogP contribution < -0.4 is 5.32 Å². The lowest BCUT2D eigenvalue weighted by molar-refractivity contribution is -0.0605. The van der Waals surface area contributed by atoms with Gasteiger partial charge in [-0.15, -0.1) is 10.2 Å². The average Bonchev–Trinajstić information content (AvgIpc) is 3.03. The van der Waals surface area contributed by atoms with E-state index in [-0.39, 0.29) is 18.0 Å². The molecule has 0 spiro atoms. The fraction of sp³-hybridized carbons (Fsp3) is 0.500. The molecule has 1 saturated heterocycles. The maximum atomic E-state index is 13.2. The van der Waals surface area contributed by atoms with E-state index in [9.17, 15) is 4.39 Å². The van der Waals surface area contributed by atoms with Crippen molar-refractivity contribution in [3.05, 3.63) is 47.8 Å². The van der Waals surface area contributed by atoms with Gasteiger partial charge < -0.3 is 19.5 Å². The molecule has 1 aromatic carbocycles. The highest BCUT2D eigenvalue weighted by Crippen LogP contribution is 2.25. The van der Waals surface area contributed by atoms with Crippen molar-refractivity contribution in [2.45, 2.75) is 32.6 Å². The molecule has 1 N–H and O–H groups in total. The lowest BCUT2D eigenvalue weighted by Gasteiger charge is -2.38. The van der Waals surface area contributed by atoms with Crippen LogP contribution >= 0.6 is 0 Å². The molecule has 0 saturated carbocycles. The third kappa shape index (κ3) is 4.37. The Hall–Kier alpha value is -2.48. The highest BCUT2D eigenvalue weighted by molar-refractivity contribution is 5.80. The number of hydrogen-bond donors (Lipinski definition) is 1. The normalized spacial score (nSPS) is 21.1. The van der Waals surface area contributed by atoms with E-state index in [0.717, 1.165) is 30.4 Å². The fourth-order valence-corrected chi connectivity index (χ4v) is 3.01. The summed E-state index contributed by atoms with van der Waals surface area (Å²) < 4.78 is 21.1. The maximum absolute atomic E-state index is 13.2. The van der Waals surface area contributed by atoms with Crippen LogP contribution in [0.2, 0.25) is 0 Å². The van der Waals surface area contributed by atoms with E-state index in [4.69, 9.17) is 9.73 Å². The minimum Gasteiger partial charge on any atom is -0.367 e. The molecule has 1 fully saturated rings. The van der Waals surface area contributed by atoms with Crippen molar-refractivity contribution in [1.82, 2.24) is 25.0 Å². The summed E-state index contributed by atoms with van der Waals surface area (Å²) in [5, 5.41) is 11.3. The van der Waals surface area contributed by atoms with Crippen LogP contribution in [-0.4, -0.2) is 51.4 Å². The van der Waals surface area contributed by atoms with E-state index >= 15 is 0 Å². The second kappa shape index (κ2) is 8.27. The first kappa shape index (κ1) is 18.3. The molecule has 0 aliphatic carbocycles. The molecule has 0 bridgehead atoms. The number of aryl methyl sites for hydroxylation is 1. The minimum absolute atomic E-state index is 0.0393. The van der Waals surface area contributed by atoms with Gasteiger partial charge in [0, 0.05) is 20.1 Å². The lowest BCUT2D eigenvalue weighted by Crippen LogP contribution is -2.50. The van der Waals surface area contributed by atoms with Gasteiger partial charge in [-0.2, -0.15) is 0 Å². The van der Waals surface area contributed by atoms with Crippen LogP contribution in [0.1, 0.15) is 31.3 Å². The van der Waals surface area contributed by atoms with Gasteiger partial charge in [-0.05, 0) is 31.5 Å². The van der Waals surface area contributed by atoms with Gasteiger partial charge >= 0.3 is 0 Å². The molecular formula is C18H25FN6O. The van der Waals surface area contributed by atoms with Crippen LogP contribution in [0.25, 0.3) is 0 Å². The van der Waals surface area contributed by atoms with E-state index in [1.165, 1.54) is 12.1 Å². The Morgan fingerprint density at radius 2 is 2.12 bits per heavy atom. The van der Waals surface area contributed by atoms with Crippen molar-refractivity contribution in [2.24, 2.45) is 12.0 Å². The minimum atomic E-state index is -0.243. The summed E-state index contributed by atoms with van der Waals surface area (Å²) in [5.41, 5.74) is 0.965. The summed E-state index contributed by atoms with van der Waals surface area (Å²) >= 11 is 0. The maximum Gasteiger partial charge on any atom is 0.194 e. The first-order valence-corrected chi connectivity index (χ1v) is 8.84. The number of hydrogen-bond acceptors (Lipinski definition) is 4. The van der Waals surface area contributed by atoms with Gasteiger partial charge in [0.15, 0.2) is 11.8 Å². The molecule has 2 heterocycles. The third-order valence-corrected chi connectivity index (χ3v) is 4.31. The molecule has 0 amide bonds. The van der Waals surface area contributed by atoms with Crippen molar-refractivity contribution < 1.29 is 9.13 Å². The van der Waals surface area contributed by atoms with Gasteiger partial charge in [-0.3, -0.25) is 0 Å². The third-order valence-electron chi connectivity index (χ3n) is 4.31. The largest absolute Gasteiger partial charge is 0.367 e. The fourth-order valence-electron chi connectivity index (χ4n) is 3.01. The Morgan fingerprint density at radius 1 is 1.35 bits per heavy atom. The average molecular weight is 360 g/mol. The number of rotatable bonds is 4. The molecule has 2 aromatic rings. The predicted octanol–water partition coefficient (Wildman–Crippen LogP) is 1.88. The molecule has 2 atom stereocenters. The van der Waals surface area contributed by atoms with Crippen molar-refractivity contribution >= 4 is 5.96 Å². The summed E-state index contributed by atoms with van der Waals surface area (Å²) in [7, 11) is 1.90. The number of benzene rings is 1. The van der Waals surface area contributed by atoms with Crippen molar-refractivity contribution in [3.8, 4) is 0 Å². The molecule has 1 aliphatic heterocycles. The molecule has 0 radical (unpaired) electrons. The zero-order valence-electron chi connectivity index (χ0n) is 15.4. The molecule has 8 heteroatoms. The summed E-state index contributed by atoms with van der Waals surface area (Å²) in [6, 6.07) is 6.49. The molecule has 1 aromatic heterocycles. The quantitative estimate of drug-likeness (QED) is 0.666. The summed E-state index contributed by atoms with van der Waals surface area (Å²) in [6.45, 7) is 6.69. The zero-order valence-corrected chi connectivity index (χ0v) is 15.4. The van der Waals surface area contributed by atoms with Gasteiger partial charge in [-0.25, -0.2) is 9.38 Å². The number of ether oxygens (including phenoxy) is 1. The van der Waals surface area contributed by atoms with E-state index in [1.54, 1.807) is 18.5 Å². The second-order valence-corrected chi connectivity index (χ2v) is 6.42. The second-order valence-electron chi connectivity index (χ2n) is 6.42. The molecule has 1 aliphatic rings. The van der Waals surface area contributed by atoms with Gasteiger partial charge in [-0.1, -0.05) is 12.1 Å². The first-order valence-electron chi connectivity index (χ1n) is 8.84. The van der Waals surface area contributed by atoms with Crippen LogP contribution in [0, 0.1) is 5.82 Å². The molecule has 7 nitrogen and oxygen atoms in total. The Labute approximate surface area is 152 Å². The molecule has 2 unspecified atom stereocenters. The number of morpholine rings is 1. The zero-order chi connectivity index (χ0) is 18.5. The van der Waals surface area contributed by atoms with Crippen LogP contribution in [0.4, 0.5) is 4.39 Å². The van der Waals surface area contributed by atoms with Crippen LogP contribution in [0.5, 0.6) is 0 Å². The monoisotopic (exact) mass is 360 g/mol. The number of nitrogens with zero attached hydrogens (tertiary/aromatic N) is 5. The lowest BCUT2D eigenvalue weighted by atomic mass is 10.1. The van der Waals surface area contributed by atoms with E-state index in [0.29, 0.717) is 13.1 Å². The Balaban J connectivity index is 1.77. The van der Waals surface area contributed by atoms with E-state index < -0.39 is 0 Å². The van der Waals surface area contributed by atoms with E-state index in [2.05, 4.69) is 20.4 Å². The Morgan fingerprint density at radius 3 is 2.77 bits per heavy atom. The highest BCUT2D eigenvalue weighted by Gasteiger charge is 2.28. The van der Waals surface area contributed by atoms with Crippen LogP contribution in [0.3, 0.4) is 0 Å². The number of aliphatic imine (C=N–C) groups is 1. The topological polar surface area (TPSA) is 67.6 Å². The van der Waals surface area contributed by atoms with Crippen LogP contribution in [-0.2, 0) is 18.3 Å². The molecule has 26 heavy (non-hydrogen) atoms. The van der Waals surface area contributed by atoms with Gasteiger partial charge in [0.25, 0.3) is 0 Å². The number of nitrogens with one attached hydrogen (secondary N) is 1. The Kier molecular flexibility index (Phi) is 5.82. The predicted molar refractivity (Wildman–Crippen MR) is 97.1 cm³/mol. The molecule has 140 valence electrons. The first-order chi connectivity index (χ1) is 12.6. The number of guanidine groups is 1. The summed E-state index contributed by atoms with van der Waals surface area (Å²) in [6.07, 6.45) is 1.58. The summed E-state index contributed by atoms with van der Waals surface area (Å²) in [4.78, 5) is 6.89. The number of aromatic nitrogens is 3. The standard InChI is InChI=1S/C18H25FN6O/c1-4-20-18(21-9-17-23-22-12-24(17)3)25-10-13(2)26-16(11-25)14-5-7-15(19)8-6-14/h5-8,12-13,16H,4,9-11H2,1-3H3,(H,20,21). The van der Waals surface area contributed by atoms with Crippen molar-refractivity contribution in [1.29, 1.82) is 0 Å². The van der Waals surface area contributed by atoms with Gasteiger partial charge in [0.2, 0.25) is 0 Å². The molecule has 3 rings (SSSR count). The number of halogens is 1. The van der Waals surface area contributed by atoms with Crippen molar-refractivity contribution in [3.63, 3.8) is 0 Å². The Bertz CT molecular complexity index is 744. The molecular weight excluding hydrogens is 335 g/mol. The SMILES string of the molecule is CCNC(=NCc1nncn1C)N1CC(C)OC(c2ccc(F)cc2)C1. The van der Waals surface area contributed by atoms with Gasteiger partial charge in [0.1, 0.15) is 24.8 Å². The smallest absolute Gasteiger partial charge is 0.194 e. The van der Waals surface area contributed by atoms with Crippen molar-refractivity contribution in [2.75, 3.05) is 19.6 Å². The van der Waals surface area contributed by atoms with Crippen LogP contribution in [0.15, 0.2) is 35.6 Å². The van der Waals surface area contributed by atoms with E-state index in [1.807, 2.05) is 25.5 Å². The van der Waals surface area contributed by atoms with Gasteiger partial charge in [0.05, 0.1) is 12.6 Å². The highest BCUT2D eigenvalue weighted by atomic mass is 19.1.